The lowest BCUT2D eigenvalue weighted by molar-refractivity contribution is 0.878. The predicted octanol–water partition coefficient (Wildman–Crippen LogP) is 3.69. The van der Waals surface area contributed by atoms with E-state index in [9.17, 15) is 0 Å². The van der Waals surface area contributed by atoms with Gasteiger partial charge in [-0.25, -0.2) is 0 Å². The Kier molecular flexibility index (Phi) is 4.50. The van der Waals surface area contributed by atoms with Gasteiger partial charge >= 0.3 is 0 Å². The van der Waals surface area contributed by atoms with Crippen molar-refractivity contribution in [3.8, 4) is 0 Å². The Morgan fingerprint density at radius 1 is 0.682 bits per heavy atom. The molecule has 0 heterocycles. The van der Waals surface area contributed by atoms with Crippen molar-refractivity contribution in [2.24, 2.45) is 4.99 Å². The van der Waals surface area contributed by atoms with E-state index in [1.807, 2.05) is 66.9 Å². The molecule has 0 N–H and O–H groups in total. The molecule has 0 bridgehead atoms. The normalized spacial score (nSPS) is 11.1. The standard InChI is InChI=1S/C20H16BN/c21-19-14-8-7-13-18(19)15-22-20(16-9-3-1-4-10-16)17-11-5-2-6-12-17/h1-15,20H. The second kappa shape index (κ2) is 6.90. The summed E-state index contributed by atoms with van der Waals surface area (Å²) >= 11 is 0. The van der Waals surface area contributed by atoms with E-state index in [-0.39, 0.29) is 6.04 Å². The Labute approximate surface area is 132 Å². The van der Waals surface area contributed by atoms with Crippen LogP contribution in [0, 0.1) is 0 Å². The molecule has 22 heavy (non-hydrogen) atoms. The average molecular weight is 281 g/mol. The van der Waals surface area contributed by atoms with Crippen molar-refractivity contribution in [3.05, 3.63) is 102 Å². The maximum atomic E-state index is 5.99. The Hall–Kier alpha value is -2.61. The van der Waals surface area contributed by atoms with Gasteiger partial charge in [0.1, 0.15) is 7.85 Å². The van der Waals surface area contributed by atoms with Gasteiger partial charge < -0.3 is 0 Å². The van der Waals surface area contributed by atoms with E-state index < -0.39 is 0 Å². The Morgan fingerprint density at radius 2 is 1.18 bits per heavy atom. The van der Waals surface area contributed by atoms with Gasteiger partial charge in [-0.15, -0.1) is 0 Å². The molecule has 0 atom stereocenters. The van der Waals surface area contributed by atoms with Crippen molar-refractivity contribution in [1.29, 1.82) is 0 Å². The van der Waals surface area contributed by atoms with Gasteiger partial charge in [0.05, 0.1) is 6.04 Å². The number of nitrogens with zero attached hydrogens (tertiary/aromatic N) is 1. The summed E-state index contributed by atoms with van der Waals surface area (Å²) < 4.78 is 0. The molecule has 3 aromatic rings. The first-order valence-electron chi connectivity index (χ1n) is 7.32. The Morgan fingerprint density at radius 3 is 1.73 bits per heavy atom. The van der Waals surface area contributed by atoms with Crippen molar-refractivity contribution in [2.45, 2.75) is 6.04 Å². The van der Waals surface area contributed by atoms with Crippen molar-refractivity contribution < 1.29 is 0 Å². The van der Waals surface area contributed by atoms with Crippen molar-refractivity contribution in [1.82, 2.24) is 0 Å². The van der Waals surface area contributed by atoms with Crippen LogP contribution in [0.4, 0.5) is 0 Å². The molecule has 3 rings (SSSR count). The molecular weight excluding hydrogens is 265 g/mol. The van der Waals surface area contributed by atoms with Gasteiger partial charge in [-0.05, 0) is 16.7 Å². The molecule has 0 amide bonds. The van der Waals surface area contributed by atoms with Crippen LogP contribution in [0.15, 0.2) is 89.9 Å². The molecule has 0 saturated heterocycles. The van der Waals surface area contributed by atoms with Crippen molar-refractivity contribution in [2.75, 3.05) is 0 Å². The lowest BCUT2D eigenvalue weighted by atomic mass is 9.91. The lowest BCUT2D eigenvalue weighted by Gasteiger charge is -2.13. The Balaban J connectivity index is 1.98. The largest absolute Gasteiger partial charge is 0.280 e. The minimum absolute atomic E-state index is 0.0259. The fraction of sp³-hybridized carbons (Fsp3) is 0.0500. The number of rotatable bonds is 4. The maximum absolute atomic E-state index is 5.99. The summed E-state index contributed by atoms with van der Waals surface area (Å²) in [4.78, 5) is 4.79. The second-order valence-corrected chi connectivity index (χ2v) is 5.13. The molecule has 1 nitrogen and oxygen atoms in total. The van der Waals surface area contributed by atoms with E-state index in [2.05, 4.69) is 24.3 Å². The van der Waals surface area contributed by atoms with Crippen LogP contribution in [0.5, 0.6) is 0 Å². The van der Waals surface area contributed by atoms with Crippen LogP contribution in [0.2, 0.25) is 0 Å². The summed E-state index contributed by atoms with van der Waals surface area (Å²) in [7, 11) is 5.99. The topological polar surface area (TPSA) is 12.4 Å². The van der Waals surface area contributed by atoms with E-state index in [0.29, 0.717) is 0 Å². The van der Waals surface area contributed by atoms with E-state index in [1.165, 1.54) is 11.1 Å². The number of hydrogen-bond donors (Lipinski definition) is 0. The third-order valence-electron chi connectivity index (χ3n) is 3.59. The fourth-order valence-corrected chi connectivity index (χ4v) is 2.42. The van der Waals surface area contributed by atoms with Crippen LogP contribution in [-0.4, -0.2) is 14.1 Å². The minimum Gasteiger partial charge on any atom is -0.280 e. The van der Waals surface area contributed by atoms with Gasteiger partial charge in [-0.2, -0.15) is 0 Å². The highest BCUT2D eigenvalue weighted by molar-refractivity contribution is 6.35. The van der Waals surface area contributed by atoms with Gasteiger partial charge in [0.15, 0.2) is 0 Å². The van der Waals surface area contributed by atoms with Crippen LogP contribution >= 0.6 is 0 Å². The van der Waals surface area contributed by atoms with Crippen molar-refractivity contribution >= 4 is 19.5 Å². The lowest BCUT2D eigenvalue weighted by Crippen LogP contribution is -2.09. The van der Waals surface area contributed by atoms with E-state index >= 15 is 0 Å². The summed E-state index contributed by atoms with van der Waals surface area (Å²) in [6, 6.07) is 28.3. The molecule has 0 unspecified atom stereocenters. The monoisotopic (exact) mass is 281 g/mol. The van der Waals surface area contributed by atoms with Crippen LogP contribution in [0.3, 0.4) is 0 Å². The molecule has 2 radical (unpaired) electrons. The van der Waals surface area contributed by atoms with Crippen LogP contribution < -0.4 is 5.46 Å². The zero-order chi connectivity index (χ0) is 15.2. The highest BCUT2D eigenvalue weighted by Gasteiger charge is 2.11. The highest BCUT2D eigenvalue weighted by Crippen LogP contribution is 2.25. The summed E-state index contributed by atoms with van der Waals surface area (Å²) in [5.41, 5.74) is 4.02. The fourth-order valence-electron chi connectivity index (χ4n) is 2.42. The highest BCUT2D eigenvalue weighted by atomic mass is 14.8. The first-order chi connectivity index (χ1) is 10.8. The molecule has 3 aromatic carbocycles. The van der Waals surface area contributed by atoms with Gasteiger partial charge in [-0.1, -0.05) is 90.4 Å². The van der Waals surface area contributed by atoms with E-state index in [1.54, 1.807) is 0 Å². The molecule has 0 spiro atoms. The molecule has 0 aliphatic carbocycles. The summed E-state index contributed by atoms with van der Waals surface area (Å²) in [6.45, 7) is 0. The first kappa shape index (κ1) is 14.3. The SMILES string of the molecule is [B]c1ccccc1C=NC(c1ccccc1)c1ccccc1. The number of benzene rings is 3. The predicted molar refractivity (Wildman–Crippen MR) is 94.2 cm³/mol. The first-order valence-corrected chi connectivity index (χ1v) is 7.32. The maximum Gasteiger partial charge on any atom is 0.114 e. The van der Waals surface area contributed by atoms with Crippen LogP contribution in [0.25, 0.3) is 0 Å². The van der Waals surface area contributed by atoms with Crippen LogP contribution in [0.1, 0.15) is 22.7 Å². The smallest absolute Gasteiger partial charge is 0.114 e. The molecule has 0 fully saturated rings. The molecule has 0 aliphatic rings. The zero-order valence-electron chi connectivity index (χ0n) is 12.3. The van der Waals surface area contributed by atoms with E-state index in [0.717, 1.165) is 11.0 Å². The third kappa shape index (κ3) is 3.34. The summed E-state index contributed by atoms with van der Waals surface area (Å²) in [5.74, 6) is 0. The molecule has 0 saturated carbocycles. The summed E-state index contributed by atoms with van der Waals surface area (Å²) in [6.07, 6.45) is 1.86. The van der Waals surface area contributed by atoms with Gasteiger partial charge in [0.25, 0.3) is 0 Å². The molecule has 2 heteroatoms. The quantitative estimate of drug-likeness (QED) is 0.511. The molecule has 0 aliphatic heterocycles. The van der Waals surface area contributed by atoms with Gasteiger partial charge in [-0.3, -0.25) is 4.99 Å². The second-order valence-electron chi connectivity index (χ2n) is 5.13. The average Bonchev–Trinajstić information content (AvgIpc) is 2.59. The number of aliphatic imine (C=N–C) groups is 1. The third-order valence-corrected chi connectivity index (χ3v) is 3.59. The molecule has 0 aromatic heterocycles. The van der Waals surface area contributed by atoms with E-state index in [4.69, 9.17) is 12.8 Å². The minimum atomic E-state index is -0.0259. The van der Waals surface area contributed by atoms with Gasteiger partial charge in [0, 0.05) is 6.21 Å². The molecule has 104 valence electrons. The molecular formula is C20H16BN. The summed E-state index contributed by atoms with van der Waals surface area (Å²) in [5, 5.41) is 0. The Bertz CT molecular complexity index is 711. The zero-order valence-corrected chi connectivity index (χ0v) is 12.3. The van der Waals surface area contributed by atoms with Crippen molar-refractivity contribution in [3.63, 3.8) is 0 Å². The van der Waals surface area contributed by atoms with Gasteiger partial charge in [0.2, 0.25) is 0 Å². The van der Waals surface area contributed by atoms with Crippen LogP contribution in [-0.2, 0) is 0 Å². The number of hydrogen-bond acceptors (Lipinski definition) is 1.